The summed E-state index contributed by atoms with van der Waals surface area (Å²) in [6, 6.07) is 63.5. The molecule has 8 aromatic carbocycles. The lowest BCUT2D eigenvalue weighted by atomic mass is 9.96. The summed E-state index contributed by atoms with van der Waals surface area (Å²) in [6.45, 7) is 0. The van der Waals surface area contributed by atoms with Crippen molar-refractivity contribution in [2.45, 2.75) is 0 Å². The van der Waals surface area contributed by atoms with Crippen molar-refractivity contribution in [1.82, 2.24) is 4.98 Å². The van der Waals surface area contributed by atoms with Gasteiger partial charge < -0.3 is 13.7 Å². The summed E-state index contributed by atoms with van der Waals surface area (Å²) in [5.74, 6) is 0.591. The molecule has 0 fully saturated rings. The van der Waals surface area contributed by atoms with E-state index >= 15 is 0 Å². The highest BCUT2D eigenvalue weighted by atomic mass is 16.4. The van der Waals surface area contributed by atoms with Crippen LogP contribution in [0.4, 0.5) is 17.1 Å². The monoisotopic (exact) mass is 654 g/mol. The summed E-state index contributed by atoms with van der Waals surface area (Å²) < 4.78 is 12.9. The van der Waals surface area contributed by atoms with Gasteiger partial charge in [-0.1, -0.05) is 121 Å². The van der Waals surface area contributed by atoms with Crippen molar-refractivity contribution in [1.29, 1.82) is 0 Å². The van der Waals surface area contributed by atoms with Crippen molar-refractivity contribution < 1.29 is 8.83 Å². The SMILES string of the molecule is c1ccc(-c2ccc(N(c3ccc4oc5ccc6nc(-c7ccccc7)oc6c5c4c3)c3ccccc3-c3cccc4ccccc34)cc2)cc1. The molecule has 0 bridgehead atoms. The van der Waals surface area contributed by atoms with Gasteiger partial charge in [0.15, 0.2) is 5.58 Å². The van der Waals surface area contributed by atoms with Crippen molar-refractivity contribution in [3.8, 4) is 33.7 Å². The van der Waals surface area contributed by atoms with Gasteiger partial charge >= 0.3 is 0 Å². The second-order valence-electron chi connectivity index (χ2n) is 12.7. The standard InChI is InChI=1S/C47H30N2O2/c1-3-12-31(13-4-1)32-22-24-35(25-23-32)49(42-21-10-9-19-39(42)38-20-11-17-33-14-7-8-18-37(33)38)36-26-28-43-40(30-36)45-44(50-43)29-27-41-46(45)51-47(48-41)34-15-5-2-6-16-34/h1-30H. The number of oxazole rings is 1. The summed E-state index contributed by atoms with van der Waals surface area (Å²) >= 11 is 0. The lowest BCUT2D eigenvalue weighted by Crippen LogP contribution is -2.11. The summed E-state index contributed by atoms with van der Waals surface area (Å²) in [5, 5.41) is 4.31. The van der Waals surface area contributed by atoms with Gasteiger partial charge in [-0.2, -0.15) is 0 Å². The van der Waals surface area contributed by atoms with Crippen molar-refractivity contribution in [3.63, 3.8) is 0 Å². The number of furan rings is 1. The van der Waals surface area contributed by atoms with Gasteiger partial charge in [-0.15, -0.1) is 0 Å². The molecule has 0 radical (unpaired) electrons. The lowest BCUT2D eigenvalue weighted by Gasteiger charge is -2.28. The quantitative estimate of drug-likeness (QED) is 0.179. The van der Waals surface area contributed by atoms with E-state index in [2.05, 4.69) is 144 Å². The number of anilines is 3. The Morgan fingerprint density at radius 1 is 0.431 bits per heavy atom. The molecule has 0 aliphatic rings. The van der Waals surface area contributed by atoms with Crippen molar-refractivity contribution >= 4 is 60.9 Å². The van der Waals surface area contributed by atoms with Crippen LogP contribution in [0.25, 0.3) is 77.5 Å². The van der Waals surface area contributed by atoms with Crippen LogP contribution in [0, 0.1) is 0 Å². The van der Waals surface area contributed by atoms with Crippen LogP contribution in [0.1, 0.15) is 0 Å². The van der Waals surface area contributed by atoms with Gasteiger partial charge in [0.05, 0.1) is 11.1 Å². The fraction of sp³-hybridized carbons (Fsp3) is 0. The molecule has 51 heavy (non-hydrogen) atoms. The molecule has 0 aliphatic carbocycles. The molecule has 10 rings (SSSR count). The zero-order chi connectivity index (χ0) is 33.7. The molecule has 4 nitrogen and oxygen atoms in total. The number of hydrogen-bond acceptors (Lipinski definition) is 4. The highest BCUT2D eigenvalue weighted by molar-refractivity contribution is 6.17. The van der Waals surface area contributed by atoms with E-state index in [1.165, 1.54) is 27.5 Å². The first-order valence-corrected chi connectivity index (χ1v) is 17.1. The maximum atomic E-state index is 6.49. The van der Waals surface area contributed by atoms with E-state index in [0.29, 0.717) is 5.89 Å². The molecule has 0 N–H and O–H groups in total. The normalized spacial score (nSPS) is 11.5. The van der Waals surface area contributed by atoms with E-state index in [4.69, 9.17) is 13.8 Å². The van der Waals surface area contributed by atoms with E-state index in [1.54, 1.807) is 0 Å². The first kappa shape index (κ1) is 29.0. The second kappa shape index (κ2) is 11.9. The Bertz CT molecular complexity index is 2850. The average molecular weight is 655 g/mol. The molecule has 0 aliphatic heterocycles. The number of nitrogens with zero attached hydrogens (tertiary/aromatic N) is 2. The molecule has 0 unspecified atom stereocenters. The van der Waals surface area contributed by atoms with Crippen molar-refractivity contribution in [2.75, 3.05) is 4.90 Å². The minimum Gasteiger partial charge on any atom is -0.456 e. The molecule has 0 atom stereocenters. The number of hydrogen-bond donors (Lipinski definition) is 0. The Morgan fingerprint density at radius 3 is 1.92 bits per heavy atom. The molecular formula is C47H30N2O2. The zero-order valence-corrected chi connectivity index (χ0v) is 27.5. The van der Waals surface area contributed by atoms with Gasteiger partial charge in [0.25, 0.3) is 0 Å². The Balaban J connectivity index is 1.20. The maximum absolute atomic E-state index is 6.49. The molecule has 2 aromatic heterocycles. The van der Waals surface area contributed by atoms with E-state index in [-0.39, 0.29) is 0 Å². The van der Waals surface area contributed by atoms with Gasteiger partial charge in [0, 0.05) is 27.9 Å². The highest BCUT2D eigenvalue weighted by Gasteiger charge is 2.22. The first-order chi connectivity index (χ1) is 25.3. The van der Waals surface area contributed by atoms with Gasteiger partial charge in [-0.05, 0) is 88.1 Å². The largest absolute Gasteiger partial charge is 0.456 e. The Hall–Kier alpha value is -6.91. The van der Waals surface area contributed by atoms with Crippen LogP contribution in [-0.4, -0.2) is 4.98 Å². The van der Waals surface area contributed by atoms with Crippen LogP contribution in [-0.2, 0) is 0 Å². The topological polar surface area (TPSA) is 42.4 Å². The molecule has 0 spiro atoms. The molecule has 240 valence electrons. The fourth-order valence-electron chi connectivity index (χ4n) is 7.30. The molecule has 0 saturated heterocycles. The van der Waals surface area contributed by atoms with Crippen LogP contribution >= 0.6 is 0 Å². The van der Waals surface area contributed by atoms with Crippen LogP contribution in [0.5, 0.6) is 0 Å². The Kier molecular flexibility index (Phi) is 6.78. The minimum atomic E-state index is 0.591. The molecule has 2 heterocycles. The molecule has 0 saturated carbocycles. The third kappa shape index (κ3) is 4.96. The number of aromatic nitrogens is 1. The van der Waals surface area contributed by atoms with E-state index in [9.17, 15) is 0 Å². The Labute approximate surface area is 294 Å². The van der Waals surface area contributed by atoms with Crippen molar-refractivity contribution in [3.05, 3.63) is 182 Å². The van der Waals surface area contributed by atoms with Crippen molar-refractivity contribution in [2.24, 2.45) is 0 Å². The zero-order valence-electron chi connectivity index (χ0n) is 27.5. The maximum Gasteiger partial charge on any atom is 0.227 e. The van der Waals surface area contributed by atoms with Crippen LogP contribution in [0.3, 0.4) is 0 Å². The minimum absolute atomic E-state index is 0.591. The average Bonchev–Trinajstić information content (AvgIpc) is 3.81. The van der Waals surface area contributed by atoms with E-state index in [0.717, 1.165) is 61.2 Å². The van der Waals surface area contributed by atoms with Gasteiger partial charge in [-0.3, -0.25) is 0 Å². The third-order valence-electron chi connectivity index (χ3n) is 9.71. The number of fused-ring (bicyclic) bond motifs is 6. The number of para-hydroxylation sites is 1. The Morgan fingerprint density at radius 2 is 1.08 bits per heavy atom. The smallest absolute Gasteiger partial charge is 0.227 e. The van der Waals surface area contributed by atoms with Gasteiger partial charge in [0.2, 0.25) is 5.89 Å². The van der Waals surface area contributed by atoms with Gasteiger partial charge in [0.1, 0.15) is 16.7 Å². The molecule has 0 amide bonds. The van der Waals surface area contributed by atoms with E-state index < -0.39 is 0 Å². The first-order valence-electron chi connectivity index (χ1n) is 17.1. The number of benzene rings is 8. The molecule has 10 aromatic rings. The third-order valence-corrected chi connectivity index (χ3v) is 9.71. The predicted molar refractivity (Wildman–Crippen MR) is 210 cm³/mol. The summed E-state index contributed by atoms with van der Waals surface area (Å²) in [5.41, 5.74) is 11.8. The summed E-state index contributed by atoms with van der Waals surface area (Å²) in [4.78, 5) is 7.20. The molecular weight excluding hydrogens is 625 g/mol. The fourth-order valence-corrected chi connectivity index (χ4v) is 7.30. The van der Waals surface area contributed by atoms with E-state index in [1.807, 2.05) is 42.5 Å². The van der Waals surface area contributed by atoms with Crippen LogP contribution in [0.15, 0.2) is 191 Å². The molecule has 4 heteroatoms. The van der Waals surface area contributed by atoms with Crippen LogP contribution in [0.2, 0.25) is 0 Å². The van der Waals surface area contributed by atoms with Gasteiger partial charge in [-0.25, -0.2) is 4.98 Å². The second-order valence-corrected chi connectivity index (χ2v) is 12.7. The number of rotatable bonds is 6. The predicted octanol–water partition coefficient (Wildman–Crippen LogP) is 13.4. The van der Waals surface area contributed by atoms with Crippen LogP contribution < -0.4 is 4.90 Å². The summed E-state index contributed by atoms with van der Waals surface area (Å²) in [7, 11) is 0. The summed E-state index contributed by atoms with van der Waals surface area (Å²) in [6.07, 6.45) is 0. The highest BCUT2D eigenvalue weighted by Crippen LogP contribution is 2.45. The lowest BCUT2D eigenvalue weighted by molar-refractivity contribution is 0.622.